The second-order valence-corrected chi connectivity index (χ2v) is 4.81. The predicted octanol–water partition coefficient (Wildman–Crippen LogP) is 1.07. The Hall–Kier alpha value is -0.830. The van der Waals surface area contributed by atoms with Crippen molar-refractivity contribution < 1.29 is 31.5 Å². The average Bonchev–Trinajstić information content (AvgIpc) is 2.08. The first kappa shape index (κ1) is 15.2. The second-order valence-electron chi connectivity index (χ2n) is 3.05. The Morgan fingerprint density at radius 3 is 2.19 bits per heavy atom. The topological polar surface area (TPSA) is 83.5 Å². The van der Waals surface area contributed by atoms with Crippen LogP contribution in [0.1, 0.15) is 25.7 Å². The molecule has 16 heavy (non-hydrogen) atoms. The number of unbranched alkanes of at least 4 members (excludes halogenated alkanes) is 2. The summed E-state index contributed by atoms with van der Waals surface area (Å²) < 4.78 is 57.7. The van der Waals surface area contributed by atoms with Gasteiger partial charge in [-0.05, 0) is 12.8 Å². The lowest BCUT2D eigenvalue weighted by Crippen LogP contribution is -2.36. The largest absolute Gasteiger partial charge is 0.511 e. The van der Waals surface area contributed by atoms with Gasteiger partial charge in [-0.2, -0.15) is 13.2 Å². The van der Waals surface area contributed by atoms with Crippen molar-refractivity contribution in [3.8, 4) is 0 Å². The van der Waals surface area contributed by atoms with Gasteiger partial charge < -0.3 is 5.11 Å². The summed E-state index contributed by atoms with van der Waals surface area (Å²) in [5, 5.41) is 8.25. The maximum Gasteiger partial charge on any atom is 0.511 e. The molecular formula is C7H12F3NO4S. The highest BCUT2D eigenvalue weighted by Crippen LogP contribution is 2.21. The highest BCUT2D eigenvalue weighted by atomic mass is 32.2. The zero-order chi connectivity index (χ0) is 12.8. The first-order chi connectivity index (χ1) is 7.17. The highest BCUT2D eigenvalue weighted by molar-refractivity contribution is 7.90. The standard InChI is InChI=1S/C7H12F3NO4S/c8-7(9,10)16(14,15)11-5-3-1-2-4-6(12)13/h11H,1-5H2,(H,12,13). The van der Waals surface area contributed by atoms with Crippen molar-refractivity contribution in [3.63, 3.8) is 0 Å². The van der Waals surface area contributed by atoms with Crippen molar-refractivity contribution >= 4 is 16.0 Å². The number of hydrogen-bond acceptors (Lipinski definition) is 3. The molecule has 0 aliphatic carbocycles. The Kier molecular flexibility index (Phi) is 5.73. The van der Waals surface area contributed by atoms with E-state index in [9.17, 15) is 26.4 Å². The van der Waals surface area contributed by atoms with E-state index in [1.165, 1.54) is 4.72 Å². The van der Waals surface area contributed by atoms with Crippen LogP contribution in [0.5, 0.6) is 0 Å². The molecule has 0 saturated heterocycles. The third-order valence-corrected chi connectivity index (χ3v) is 2.86. The maximum atomic E-state index is 11.8. The zero-order valence-electron chi connectivity index (χ0n) is 8.25. The van der Waals surface area contributed by atoms with Crippen LogP contribution >= 0.6 is 0 Å². The lowest BCUT2D eigenvalue weighted by atomic mass is 10.2. The molecule has 0 aromatic rings. The summed E-state index contributed by atoms with van der Waals surface area (Å²) in [4.78, 5) is 10.1. The maximum absolute atomic E-state index is 11.8. The van der Waals surface area contributed by atoms with Gasteiger partial charge in [-0.15, -0.1) is 0 Å². The molecule has 0 amide bonds. The second kappa shape index (κ2) is 6.04. The SMILES string of the molecule is O=C(O)CCCCCNS(=O)(=O)C(F)(F)F. The van der Waals surface area contributed by atoms with Gasteiger partial charge in [0.1, 0.15) is 0 Å². The zero-order valence-corrected chi connectivity index (χ0v) is 9.07. The summed E-state index contributed by atoms with van der Waals surface area (Å²) in [5.41, 5.74) is -5.30. The van der Waals surface area contributed by atoms with Crippen molar-refractivity contribution in [2.45, 2.75) is 31.2 Å². The van der Waals surface area contributed by atoms with E-state index in [1.54, 1.807) is 0 Å². The minimum absolute atomic E-state index is 0.0774. The van der Waals surface area contributed by atoms with Crippen LogP contribution in [0.25, 0.3) is 0 Å². The van der Waals surface area contributed by atoms with Gasteiger partial charge >= 0.3 is 21.5 Å². The summed E-state index contributed by atoms with van der Waals surface area (Å²) in [5.74, 6) is -0.990. The average molecular weight is 263 g/mol. The van der Waals surface area contributed by atoms with Gasteiger partial charge in [-0.25, -0.2) is 13.1 Å². The lowest BCUT2D eigenvalue weighted by molar-refractivity contribution is -0.137. The summed E-state index contributed by atoms with van der Waals surface area (Å²) in [6.45, 7) is -0.346. The van der Waals surface area contributed by atoms with E-state index in [1.807, 2.05) is 0 Å². The number of alkyl halides is 3. The fraction of sp³-hybridized carbons (Fsp3) is 0.857. The molecule has 0 bridgehead atoms. The summed E-state index contributed by atoms with van der Waals surface area (Å²) in [6, 6.07) is 0. The van der Waals surface area contributed by atoms with Crippen LogP contribution in [0.2, 0.25) is 0 Å². The van der Waals surface area contributed by atoms with Gasteiger partial charge in [0.2, 0.25) is 0 Å². The van der Waals surface area contributed by atoms with Crippen LogP contribution in [0.15, 0.2) is 0 Å². The monoisotopic (exact) mass is 263 g/mol. The highest BCUT2D eigenvalue weighted by Gasteiger charge is 2.45. The molecule has 0 aliphatic heterocycles. The number of rotatable bonds is 7. The molecule has 0 saturated carbocycles. The minimum atomic E-state index is -5.30. The number of carboxylic acid groups (broad SMARTS) is 1. The molecule has 0 aromatic carbocycles. The van der Waals surface area contributed by atoms with Crippen LogP contribution in [0.4, 0.5) is 13.2 Å². The van der Waals surface area contributed by atoms with E-state index in [0.717, 1.165) is 0 Å². The number of carboxylic acids is 1. The summed E-state index contributed by atoms with van der Waals surface area (Å²) in [6.07, 6.45) is 0.754. The van der Waals surface area contributed by atoms with E-state index < -0.39 is 21.5 Å². The first-order valence-electron chi connectivity index (χ1n) is 4.44. The van der Waals surface area contributed by atoms with Crippen LogP contribution < -0.4 is 4.72 Å². The number of carbonyl (C=O) groups is 1. The normalized spacial score (nSPS) is 12.7. The Morgan fingerprint density at radius 2 is 1.75 bits per heavy atom. The Labute approximate surface area is 90.7 Å². The van der Waals surface area contributed by atoms with Gasteiger partial charge in [-0.1, -0.05) is 6.42 Å². The number of sulfonamides is 1. The van der Waals surface area contributed by atoms with Crippen LogP contribution in [0.3, 0.4) is 0 Å². The van der Waals surface area contributed by atoms with Crippen molar-refractivity contribution in [1.82, 2.24) is 4.72 Å². The molecule has 96 valence electrons. The molecule has 0 heterocycles. The summed E-state index contributed by atoms with van der Waals surface area (Å²) >= 11 is 0. The molecule has 0 aliphatic rings. The van der Waals surface area contributed by atoms with Crippen molar-refractivity contribution in [2.24, 2.45) is 0 Å². The van der Waals surface area contributed by atoms with Crippen molar-refractivity contribution in [3.05, 3.63) is 0 Å². The Bertz CT molecular complexity index is 325. The third-order valence-electron chi connectivity index (χ3n) is 1.66. The van der Waals surface area contributed by atoms with Gasteiger partial charge in [0.15, 0.2) is 0 Å². The molecule has 9 heteroatoms. The van der Waals surface area contributed by atoms with Gasteiger partial charge in [0, 0.05) is 13.0 Å². The molecular weight excluding hydrogens is 251 g/mol. The molecule has 0 fully saturated rings. The van der Waals surface area contributed by atoms with Crippen LogP contribution in [0, 0.1) is 0 Å². The molecule has 0 rings (SSSR count). The smallest absolute Gasteiger partial charge is 0.481 e. The Morgan fingerprint density at radius 1 is 1.19 bits per heavy atom. The number of halogens is 3. The fourth-order valence-electron chi connectivity index (χ4n) is 0.866. The number of nitrogens with one attached hydrogen (secondary N) is 1. The van der Waals surface area contributed by atoms with E-state index in [4.69, 9.17) is 5.11 Å². The Balaban J connectivity index is 3.72. The quantitative estimate of drug-likeness (QED) is 0.673. The van der Waals surface area contributed by atoms with E-state index in [2.05, 4.69) is 0 Å². The molecule has 0 unspecified atom stereocenters. The van der Waals surface area contributed by atoms with E-state index in [0.29, 0.717) is 12.8 Å². The lowest BCUT2D eigenvalue weighted by Gasteiger charge is -2.08. The van der Waals surface area contributed by atoms with Gasteiger partial charge in [-0.3, -0.25) is 4.79 Å². The fourth-order valence-corrected chi connectivity index (χ4v) is 1.44. The molecule has 0 aromatic heterocycles. The van der Waals surface area contributed by atoms with Crippen molar-refractivity contribution in [1.29, 1.82) is 0 Å². The van der Waals surface area contributed by atoms with Gasteiger partial charge in [0.25, 0.3) is 0 Å². The van der Waals surface area contributed by atoms with Gasteiger partial charge in [0.05, 0.1) is 0 Å². The molecule has 5 nitrogen and oxygen atoms in total. The predicted molar refractivity (Wildman–Crippen MR) is 49.1 cm³/mol. The van der Waals surface area contributed by atoms with E-state index in [-0.39, 0.29) is 19.4 Å². The third kappa shape index (κ3) is 5.91. The molecule has 2 N–H and O–H groups in total. The van der Waals surface area contributed by atoms with E-state index >= 15 is 0 Å². The number of hydrogen-bond donors (Lipinski definition) is 2. The van der Waals surface area contributed by atoms with Crippen molar-refractivity contribution in [2.75, 3.05) is 6.54 Å². The van der Waals surface area contributed by atoms with Crippen LogP contribution in [-0.4, -0.2) is 31.5 Å². The first-order valence-corrected chi connectivity index (χ1v) is 5.93. The van der Waals surface area contributed by atoms with Crippen LogP contribution in [-0.2, 0) is 14.8 Å². The summed E-state index contributed by atoms with van der Waals surface area (Å²) in [7, 11) is -5.27. The molecule has 0 spiro atoms. The number of aliphatic carboxylic acids is 1. The molecule has 0 radical (unpaired) electrons. The minimum Gasteiger partial charge on any atom is -0.481 e. The molecule has 0 atom stereocenters.